The van der Waals surface area contributed by atoms with Gasteiger partial charge in [-0.05, 0) is 6.42 Å². The van der Waals surface area contributed by atoms with Crippen molar-refractivity contribution in [1.82, 2.24) is 0 Å². The molecule has 0 radical (unpaired) electrons. The summed E-state index contributed by atoms with van der Waals surface area (Å²) >= 11 is 0. The zero-order chi connectivity index (χ0) is 13.6. The van der Waals surface area contributed by atoms with E-state index in [1.807, 2.05) is 0 Å². The zero-order valence-corrected chi connectivity index (χ0v) is 8.96. The fourth-order valence-electron chi connectivity index (χ4n) is 1.37. The van der Waals surface area contributed by atoms with E-state index in [0.29, 0.717) is 0 Å². The molecule has 6 N–H and O–H groups in total. The molecule has 0 saturated heterocycles. The first-order valence-electron chi connectivity index (χ1n) is 4.76. The van der Waals surface area contributed by atoms with E-state index >= 15 is 0 Å². The topological polar surface area (TPSA) is 161 Å². The van der Waals surface area contributed by atoms with Crippen LogP contribution in [-0.2, 0) is 19.2 Å². The molecule has 0 aliphatic heterocycles. The summed E-state index contributed by atoms with van der Waals surface area (Å²) in [5.74, 6) is -6.53. The van der Waals surface area contributed by atoms with Crippen molar-refractivity contribution in [3.8, 4) is 0 Å². The highest BCUT2D eigenvalue weighted by atomic mass is 16.4. The van der Waals surface area contributed by atoms with Crippen LogP contribution in [0.2, 0.25) is 0 Å². The van der Waals surface area contributed by atoms with E-state index in [4.69, 9.17) is 21.7 Å². The minimum absolute atomic E-state index is 0.275. The fourth-order valence-corrected chi connectivity index (χ4v) is 1.37. The monoisotopic (exact) mass is 246 g/mol. The Morgan fingerprint density at radius 2 is 1.12 bits per heavy atom. The van der Waals surface area contributed by atoms with E-state index < -0.39 is 48.4 Å². The number of carbonyl (C=O) groups excluding carboxylic acids is 2. The van der Waals surface area contributed by atoms with Gasteiger partial charge in [0, 0.05) is 11.8 Å². The molecule has 0 aliphatic rings. The van der Waals surface area contributed by atoms with Crippen LogP contribution in [0, 0.1) is 11.8 Å². The first-order valence-corrected chi connectivity index (χ1v) is 4.76. The van der Waals surface area contributed by atoms with Crippen LogP contribution < -0.4 is 11.5 Å². The summed E-state index contributed by atoms with van der Waals surface area (Å²) < 4.78 is 0. The second kappa shape index (κ2) is 6.46. The van der Waals surface area contributed by atoms with Gasteiger partial charge in [-0.1, -0.05) is 0 Å². The Balaban J connectivity index is 4.67. The first kappa shape index (κ1) is 14.9. The van der Waals surface area contributed by atoms with E-state index in [-0.39, 0.29) is 6.42 Å². The Hall–Kier alpha value is -2.12. The molecule has 2 unspecified atom stereocenters. The molecule has 2 amide bonds. The van der Waals surface area contributed by atoms with Crippen molar-refractivity contribution < 1.29 is 29.4 Å². The van der Waals surface area contributed by atoms with Gasteiger partial charge in [0.15, 0.2) is 0 Å². The zero-order valence-electron chi connectivity index (χ0n) is 8.96. The molecular formula is C9H14N2O6. The smallest absolute Gasteiger partial charge is 0.304 e. The molecule has 0 aromatic carbocycles. The molecule has 0 bridgehead atoms. The molecule has 0 saturated carbocycles. The van der Waals surface area contributed by atoms with Crippen LogP contribution in [0.5, 0.6) is 0 Å². The predicted octanol–water partition coefficient (Wildman–Crippen LogP) is -1.47. The molecule has 96 valence electrons. The standard InChI is InChI=1S/C9H14N2O6/c10-8(16)4(2-6(12)13)1-5(9(11)17)3-7(14)15/h4-5H,1-3H2,(H2,10,16)(H2,11,17)(H,12,13)(H,14,15). The molecule has 0 heterocycles. The minimum atomic E-state index is -1.26. The van der Waals surface area contributed by atoms with Gasteiger partial charge in [0.25, 0.3) is 0 Å². The van der Waals surface area contributed by atoms with Gasteiger partial charge in [0.1, 0.15) is 0 Å². The van der Waals surface area contributed by atoms with Gasteiger partial charge < -0.3 is 21.7 Å². The molecule has 0 rings (SSSR count). The summed E-state index contributed by atoms with van der Waals surface area (Å²) in [5, 5.41) is 17.1. The quantitative estimate of drug-likeness (QED) is 0.408. The van der Waals surface area contributed by atoms with Gasteiger partial charge in [-0.25, -0.2) is 0 Å². The predicted molar refractivity (Wildman–Crippen MR) is 54.5 cm³/mol. The van der Waals surface area contributed by atoms with Gasteiger partial charge in [-0.15, -0.1) is 0 Å². The van der Waals surface area contributed by atoms with Crippen LogP contribution in [0.1, 0.15) is 19.3 Å². The number of primary amides is 2. The third-order valence-corrected chi connectivity index (χ3v) is 2.22. The number of carboxylic acid groups (broad SMARTS) is 2. The average molecular weight is 246 g/mol. The molecular weight excluding hydrogens is 232 g/mol. The number of rotatable bonds is 8. The van der Waals surface area contributed by atoms with Crippen LogP contribution >= 0.6 is 0 Å². The van der Waals surface area contributed by atoms with E-state index in [1.165, 1.54) is 0 Å². The SMILES string of the molecule is NC(=O)C(CC(=O)O)CC(CC(=O)O)C(N)=O. The molecule has 0 fully saturated rings. The van der Waals surface area contributed by atoms with Crippen molar-refractivity contribution in [2.75, 3.05) is 0 Å². The Morgan fingerprint density at radius 3 is 1.29 bits per heavy atom. The largest absolute Gasteiger partial charge is 0.481 e. The molecule has 8 heteroatoms. The van der Waals surface area contributed by atoms with Gasteiger partial charge in [-0.2, -0.15) is 0 Å². The number of hydrogen-bond donors (Lipinski definition) is 4. The maximum absolute atomic E-state index is 10.9. The molecule has 0 spiro atoms. The molecule has 0 aromatic heterocycles. The maximum Gasteiger partial charge on any atom is 0.304 e. The summed E-state index contributed by atoms with van der Waals surface area (Å²) in [6.45, 7) is 0. The highest BCUT2D eigenvalue weighted by Gasteiger charge is 2.28. The number of carbonyl (C=O) groups is 4. The minimum Gasteiger partial charge on any atom is -0.481 e. The van der Waals surface area contributed by atoms with Crippen molar-refractivity contribution in [3.63, 3.8) is 0 Å². The second-order valence-electron chi connectivity index (χ2n) is 3.63. The van der Waals surface area contributed by atoms with Gasteiger partial charge >= 0.3 is 11.9 Å². The van der Waals surface area contributed by atoms with Crippen LogP contribution in [0.4, 0.5) is 0 Å². The Labute approximate surface area is 96.6 Å². The summed E-state index contributed by atoms with van der Waals surface area (Å²) in [5.41, 5.74) is 9.92. The number of carboxylic acids is 2. The summed E-state index contributed by atoms with van der Waals surface area (Å²) in [6.07, 6.45) is -1.39. The van der Waals surface area contributed by atoms with Crippen molar-refractivity contribution in [3.05, 3.63) is 0 Å². The second-order valence-corrected chi connectivity index (χ2v) is 3.63. The van der Waals surface area contributed by atoms with Crippen molar-refractivity contribution in [1.29, 1.82) is 0 Å². The van der Waals surface area contributed by atoms with Crippen LogP contribution in [0.3, 0.4) is 0 Å². The van der Waals surface area contributed by atoms with Crippen molar-refractivity contribution in [2.24, 2.45) is 23.3 Å². The highest BCUT2D eigenvalue weighted by Crippen LogP contribution is 2.18. The average Bonchev–Trinajstić information content (AvgIpc) is 2.13. The van der Waals surface area contributed by atoms with E-state index in [2.05, 4.69) is 0 Å². The van der Waals surface area contributed by atoms with E-state index in [0.717, 1.165) is 0 Å². The van der Waals surface area contributed by atoms with Crippen LogP contribution in [0.15, 0.2) is 0 Å². The lowest BCUT2D eigenvalue weighted by molar-refractivity contribution is -0.143. The Bertz CT molecular complexity index is 308. The number of hydrogen-bond acceptors (Lipinski definition) is 4. The summed E-state index contributed by atoms with van der Waals surface area (Å²) in [4.78, 5) is 42.8. The Morgan fingerprint density at radius 1 is 0.824 bits per heavy atom. The first-order chi connectivity index (χ1) is 7.73. The molecule has 2 atom stereocenters. The van der Waals surface area contributed by atoms with Crippen molar-refractivity contribution in [2.45, 2.75) is 19.3 Å². The molecule has 0 aromatic rings. The van der Waals surface area contributed by atoms with Gasteiger partial charge in [0.05, 0.1) is 12.8 Å². The highest BCUT2D eigenvalue weighted by molar-refractivity contribution is 5.85. The van der Waals surface area contributed by atoms with Crippen LogP contribution in [-0.4, -0.2) is 34.0 Å². The summed E-state index contributed by atoms with van der Waals surface area (Å²) in [6, 6.07) is 0. The number of aliphatic carboxylic acids is 2. The third-order valence-electron chi connectivity index (χ3n) is 2.22. The van der Waals surface area contributed by atoms with Gasteiger partial charge in [-0.3, -0.25) is 19.2 Å². The molecule has 17 heavy (non-hydrogen) atoms. The lowest BCUT2D eigenvalue weighted by Crippen LogP contribution is -2.33. The maximum atomic E-state index is 10.9. The van der Waals surface area contributed by atoms with E-state index in [9.17, 15) is 19.2 Å². The van der Waals surface area contributed by atoms with E-state index in [1.54, 1.807) is 0 Å². The van der Waals surface area contributed by atoms with Crippen LogP contribution in [0.25, 0.3) is 0 Å². The molecule has 0 aliphatic carbocycles. The lowest BCUT2D eigenvalue weighted by atomic mass is 9.89. The van der Waals surface area contributed by atoms with Gasteiger partial charge in [0.2, 0.25) is 11.8 Å². The molecule has 8 nitrogen and oxygen atoms in total. The van der Waals surface area contributed by atoms with Crippen molar-refractivity contribution >= 4 is 23.8 Å². The Kier molecular flexibility index (Phi) is 5.65. The summed E-state index contributed by atoms with van der Waals surface area (Å²) in [7, 11) is 0. The third kappa shape index (κ3) is 6.13. The number of nitrogens with two attached hydrogens (primary N) is 2. The fraction of sp³-hybridized carbons (Fsp3) is 0.556. The lowest BCUT2D eigenvalue weighted by Gasteiger charge is -2.16. The normalized spacial score (nSPS) is 13.6. The number of amides is 2.